The Labute approximate surface area is 342 Å². The summed E-state index contributed by atoms with van der Waals surface area (Å²) in [5, 5.41) is 17.3. The van der Waals surface area contributed by atoms with E-state index in [1.807, 2.05) is 78.9 Å². The Kier molecular flexibility index (Phi) is 8.00. The molecule has 0 saturated carbocycles. The molecule has 0 radical (unpaired) electrons. The van der Waals surface area contributed by atoms with Crippen molar-refractivity contribution in [2.24, 2.45) is 0 Å². The van der Waals surface area contributed by atoms with Crippen LogP contribution in [0.4, 0.5) is 13.2 Å². The molecule has 0 unspecified atom stereocenters. The highest BCUT2D eigenvalue weighted by Crippen LogP contribution is 2.48. The van der Waals surface area contributed by atoms with E-state index >= 15 is 0 Å². The molecular formula is C49H27F3O8S. The van der Waals surface area contributed by atoms with E-state index in [1.165, 1.54) is 6.07 Å². The minimum Gasteiger partial charge on any atom is -0.507 e. The number of benzene rings is 8. The Morgan fingerprint density at radius 1 is 0.426 bits per heavy atom. The molecule has 0 aliphatic carbocycles. The molecule has 0 aliphatic heterocycles. The van der Waals surface area contributed by atoms with Crippen molar-refractivity contribution in [3.05, 3.63) is 158 Å². The van der Waals surface area contributed by atoms with Gasteiger partial charge in [-0.2, -0.15) is 21.6 Å². The molecule has 61 heavy (non-hydrogen) atoms. The number of phenolic OH excluding ortho intramolecular Hbond substituents is 1. The minimum absolute atomic E-state index is 0.125. The van der Waals surface area contributed by atoms with E-state index in [-0.39, 0.29) is 11.3 Å². The quantitative estimate of drug-likeness (QED) is 0.138. The second-order valence-electron chi connectivity index (χ2n) is 14.4. The highest BCUT2D eigenvalue weighted by atomic mass is 32.2. The van der Waals surface area contributed by atoms with Gasteiger partial charge in [0.05, 0.1) is 0 Å². The summed E-state index contributed by atoms with van der Waals surface area (Å²) in [5.41, 5.74) is 1.48. The lowest BCUT2D eigenvalue weighted by molar-refractivity contribution is -0.0499. The molecule has 0 fully saturated rings. The van der Waals surface area contributed by atoms with Gasteiger partial charge in [-0.05, 0) is 48.5 Å². The van der Waals surface area contributed by atoms with Crippen molar-refractivity contribution in [2.45, 2.75) is 5.51 Å². The summed E-state index contributed by atoms with van der Waals surface area (Å²) in [6.07, 6.45) is 0. The zero-order chi connectivity index (χ0) is 41.6. The van der Waals surface area contributed by atoms with Crippen molar-refractivity contribution < 1.29 is 48.5 Å². The Hall–Kier alpha value is -7.70. The molecule has 298 valence electrons. The van der Waals surface area contributed by atoms with Gasteiger partial charge >= 0.3 is 15.6 Å². The first kappa shape index (κ1) is 36.4. The number of hydrogen-bond acceptors (Lipinski definition) is 8. The summed E-state index contributed by atoms with van der Waals surface area (Å²) < 4.78 is 92.3. The number of halogens is 3. The molecule has 1 N–H and O–H groups in total. The predicted octanol–water partition coefficient (Wildman–Crippen LogP) is 14.2. The molecule has 0 bridgehead atoms. The average Bonchev–Trinajstić information content (AvgIpc) is 4.04. The topological polar surface area (TPSA) is 116 Å². The molecule has 8 nitrogen and oxygen atoms in total. The van der Waals surface area contributed by atoms with Gasteiger partial charge in [0, 0.05) is 65.3 Å². The number of furan rings is 4. The normalized spacial score (nSPS) is 12.4. The van der Waals surface area contributed by atoms with Gasteiger partial charge in [-0.3, -0.25) is 0 Å². The number of aromatic hydroxyl groups is 1. The lowest BCUT2D eigenvalue weighted by atomic mass is 9.96. The van der Waals surface area contributed by atoms with Crippen molar-refractivity contribution >= 4 is 97.9 Å². The number of hydrogen-bond donors (Lipinski definition) is 1. The number of alkyl halides is 3. The third-order valence-corrected chi connectivity index (χ3v) is 11.8. The van der Waals surface area contributed by atoms with Crippen molar-refractivity contribution in [3.63, 3.8) is 0 Å². The highest BCUT2D eigenvalue weighted by Gasteiger charge is 2.49. The second-order valence-corrected chi connectivity index (χ2v) is 15.9. The fourth-order valence-electron chi connectivity index (χ4n) is 8.27. The Morgan fingerprint density at radius 2 is 0.836 bits per heavy atom. The van der Waals surface area contributed by atoms with Gasteiger partial charge in [-0.1, -0.05) is 109 Å². The lowest BCUT2D eigenvalue weighted by Gasteiger charge is -2.14. The van der Waals surface area contributed by atoms with E-state index in [9.17, 15) is 26.7 Å². The summed E-state index contributed by atoms with van der Waals surface area (Å²) >= 11 is 0. The van der Waals surface area contributed by atoms with Gasteiger partial charge < -0.3 is 27.0 Å². The SMILES string of the molecule is O=S(=O)(Oc1ccc2oc3ccccc3c2c1-c1cccc2c1oc1ccccc12)C(F)(F)F.Oc1ccc2oc3ccccc3c2c1-c1cccc2c1oc1ccccc12. The molecule has 0 saturated heterocycles. The van der Waals surface area contributed by atoms with Crippen LogP contribution in [-0.4, -0.2) is 19.0 Å². The number of para-hydroxylation sites is 6. The Balaban J connectivity index is 0.000000141. The summed E-state index contributed by atoms with van der Waals surface area (Å²) in [6, 6.07) is 47.4. The molecule has 8 aromatic carbocycles. The predicted molar refractivity (Wildman–Crippen MR) is 230 cm³/mol. The smallest absolute Gasteiger partial charge is 0.507 e. The third kappa shape index (κ3) is 5.70. The summed E-state index contributed by atoms with van der Waals surface area (Å²) in [6.45, 7) is 0. The lowest BCUT2D eigenvalue weighted by Crippen LogP contribution is -2.28. The van der Waals surface area contributed by atoms with Crippen LogP contribution in [0.2, 0.25) is 0 Å². The molecule has 0 atom stereocenters. The number of rotatable bonds is 4. The van der Waals surface area contributed by atoms with Crippen LogP contribution in [0.3, 0.4) is 0 Å². The first-order chi connectivity index (χ1) is 29.6. The maximum absolute atomic E-state index is 13.2. The first-order valence-corrected chi connectivity index (χ1v) is 20.4. The highest BCUT2D eigenvalue weighted by molar-refractivity contribution is 7.88. The minimum atomic E-state index is -5.93. The maximum Gasteiger partial charge on any atom is 0.534 e. The van der Waals surface area contributed by atoms with Crippen molar-refractivity contribution in [1.82, 2.24) is 0 Å². The molecule has 0 spiro atoms. The average molecular weight is 833 g/mol. The van der Waals surface area contributed by atoms with Crippen molar-refractivity contribution in [1.29, 1.82) is 0 Å². The van der Waals surface area contributed by atoms with Crippen LogP contribution in [0.5, 0.6) is 11.5 Å². The number of phenols is 1. The van der Waals surface area contributed by atoms with Gasteiger partial charge in [-0.25, -0.2) is 0 Å². The van der Waals surface area contributed by atoms with E-state index in [1.54, 1.807) is 54.6 Å². The molecule has 4 aromatic heterocycles. The largest absolute Gasteiger partial charge is 0.534 e. The van der Waals surface area contributed by atoms with Gasteiger partial charge in [0.1, 0.15) is 50.4 Å². The molecule has 12 aromatic rings. The monoisotopic (exact) mass is 832 g/mol. The zero-order valence-electron chi connectivity index (χ0n) is 31.4. The van der Waals surface area contributed by atoms with Crippen LogP contribution in [0, 0.1) is 0 Å². The molecule has 12 heteroatoms. The van der Waals surface area contributed by atoms with Crippen LogP contribution in [0.25, 0.3) is 110 Å². The van der Waals surface area contributed by atoms with E-state index in [0.717, 1.165) is 71.8 Å². The van der Waals surface area contributed by atoms with E-state index in [0.29, 0.717) is 38.7 Å². The molecule has 0 amide bonds. The van der Waals surface area contributed by atoms with Crippen LogP contribution in [0.15, 0.2) is 175 Å². The van der Waals surface area contributed by atoms with Gasteiger partial charge in [-0.15, -0.1) is 0 Å². The maximum atomic E-state index is 13.2. The molecular weight excluding hydrogens is 806 g/mol. The second kappa shape index (κ2) is 13.4. The molecule has 4 heterocycles. The van der Waals surface area contributed by atoms with Gasteiger partial charge in [0.15, 0.2) is 5.75 Å². The van der Waals surface area contributed by atoms with Crippen LogP contribution < -0.4 is 4.18 Å². The standard InChI is InChI=1S/C25H13F3O5S.C24H14O3/c26-25(27,28)34(29,30)33-21-13-12-20-22(16-7-2-4-11-19(16)31-20)23(21)17-9-5-8-15-14-6-1-3-10-18(14)32-24(15)17;25-18-12-13-21-23(16-7-2-4-11-20(16)26-21)22(18)17-9-5-8-15-14-6-1-3-10-19(14)27-24(15)17/h1-13H;1-13,25H. The van der Waals surface area contributed by atoms with Crippen LogP contribution in [-0.2, 0) is 10.1 Å². The third-order valence-electron chi connectivity index (χ3n) is 10.9. The van der Waals surface area contributed by atoms with Crippen molar-refractivity contribution in [2.75, 3.05) is 0 Å². The van der Waals surface area contributed by atoms with Crippen LogP contribution in [0.1, 0.15) is 0 Å². The van der Waals surface area contributed by atoms with E-state index in [4.69, 9.17) is 17.7 Å². The summed E-state index contributed by atoms with van der Waals surface area (Å²) in [5.74, 6) is -0.272. The number of fused-ring (bicyclic) bond motifs is 12. The molecule has 12 rings (SSSR count). The van der Waals surface area contributed by atoms with Gasteiger partial charge in [0.25, 0.3) is 0 Å². The fourth-order valence-corrected chi connectivity index (χ4v) is 8.74. The van der Waals surface area contributed by atoms with Crippen LogP contribution >= 0.6 is 0 Å². The summed E-state index contributed by atoms with van der Waals surface area (Å²) in [4.78, 5) is 0. The van der Waals surface area contributed by atoms with Gasteiger partial charge in [0.2, 0.25) is 0 Å². The Bertz CT molecular complexity index is 3830. The van der Waals surface area contributed by atoms with E-state index < -0.39 is 21.4 Å². The van der Waals surface area contributed by atoms with E-state index in [2.05, 4.69) is 16.3 Å². The van der Waals surface area contributed by atoms with Crippen molar-refractivity contribution in [3.8, 4) is 33.8 Å². The Morgan fingerprint density at radius 3 is 1.34 bits per heavy atom. The molecule has 0 aliphatic rings. The summed E-state index contributed by atoms with van der Waals surface area (Å²) in [7, 11) is -5.93. The zero-order valence-corrected chi connectivity index (χ0v) is 32.2. The first-order valence-electron chi connectivity index (χ1n) is 19.0. The fraction of sp³-hybridized carbons (Fsp3) is 0.0204.